The highest BCUT2D eigenvalue weighted by Crippen LogP contribution is 2.16. The van der Waals surface area contributed by atoms with Crippen LogP contribution in [0.1, 0.15) is 27.2 Å². The minimum atomic E-state index is -0.228. The Balaban J connectivity index is 2.67. The Hall–Kier alpha value is -1.85. The maximum Gasteiger partial charge on any atom is 0.307 e. The number of ether oxygens (including phenoxy) is 1. The Bertz CT molecular complexity index is 429. The number of aromatic nitrogens is 2. The van der Waals surface area contributed by atoms with Gasteiger partial charge in [-0.3, -0.25) is 4.79 Å². The highest BCUT2D eigenvalue weighted by molar-refractivity contribution is 5.69. The normalized spacial score (nSPS) is 11.0. The number of carbonyl (C=O) groups is 1. The van der Waals surface area contributed by atoms with Gasteiger partial charge in [0.15, 0.2) is 0 Å². The molecule has 0 saturated heterocycles. The average molecular weight is 266 g/mol. The molecule has 0 saturated carbocycles. The lowest BCUT2D eigenvalue weighted by molar-refractivity contribution is -0.140. The van der Waals surface area contributed by atoms with Crippen molar-refractivity contribution in [2.24, 2.45) is 0 Å². The molecule has 0 amide bonds. The lowest BCUT2D eigenvalue weighted by Crippen LogP contribution is -2.27. The van der Waals surface area contributed by atoms with Gasteiger partial charge in [0.1, 0.15) is 18.0 Å². The molecule has 1 aromatic heterocycles. The van der Waals surface area contributed by atoms with E-state index < -0.39 is 0 Å². The van der Waals surface area contributed by atoms with Crippen molar-refractivity contribution < 1.29 is 9.53 Å². The summed E-state index contributed by atoms with van der Waals surface area (Å²) in [6.45, 7) is 6.75. The molecular weight excluding hydrogens is 244 g/mol. The quantitative estimate of drug-likeness (QED) is 0.818. The Morgan fingerprint density at radius 3 is 2.68 bits per heavy atom. The molecule has 6 heteroatoms. The first-order valence-electron chi connectivity index (χ1n) is 6.20. The molecule has 0 unspecified atom stereocenters. The highest BCUT2D eigenvalue weighted by Gasteiger charge is 2.12. The Morgan fingerprint density at radius 2 is 2.11 bits per heavy atom. The van der Waals surface area contributed by atoms with Gasteiger partial charge in [-0.25, -0.2) is 9.97 Å². The Kier molecular flexibility index (Phi) is 5.09. The second-order valence-electron chi connectivity index (χ2n) is 5.38. The molecule has 0 aliphatic rings. The van der Waals surface area contributed by atoms with Crippen molar-refractivity contribution in [3.05, 3.63) is 12.4 Å². The molecule has 0 fully saturated rings. The van der Waals surface area contributed by atoms with E-state index in [2.05, 4.69) is 40.8 Å². The van der Waals surface area contributed by atoms with E-state index in [1.807, 2.05) is 18.0 Å². The van der Waals surface area contributed by atoms with Crippen LogP contribution in [0.15, 0.2) is 12.4 Å². The number of nitrogens with one attached hydrogen (secondary N) is 1. The van der Waals surface area contributed by atoms with Crippen molar-refractivity contribution in [1.82, 2.24) is 9.97 Å². The van der Waals surface area contributed by atoms with Gasteiger partial charge < -0.3 is 15.0 Å². The van der Waals surface area contributed by atoms with Crippen LogP contribution in [0.4, 0.5) is 11.6 Å². The number of carbonyl (C=O) groups excluding carboxylic acids is 1. The average Bonchev–Trinajstić information content (AvgIpc) is 2.33. The maximum atomic E-state index is 11.1. The number of anilines is 2. The predicted octanol–water partition coefficient (Wildman–Crippen LogP) is 1.69. The molecule has 0 aromatic carbocycles. The second-order valence-corrected chi connectivity index (χ2v) is 5.38. The molecule has 0 atom stereocenters. The van der Waals surface area contributed by atoms with E-state index in [-0.39, 0.29) is 11.5 Å². The molecule has 1 N–H and O–H groups in total. The van der Waals surface area contributed by atoms with E-state index in [9.17, 15) is 4.79 Å². The zero-order valence-electron chi connectivity index (χ0n) is 12.2. The van der Waals surface area contributed by atoms with Gasteiger partial charge in [0.2, 0.25) is 0 Å². The number of hydrogen-bond donors (Lipinski definition) is 1. The van der Waals surface area contributed by atoms with Gasteiger partial charge in [0.05, 0.1) is 13.5 Å². The molecule has 1 rings (SSSR count). The number of esters is 1. The first-order chi connectivity index (χ1) is 8.81. The van der Waals surface area contributed by atoms with Crippen molar-refractivity contribution in [3.8, 4) is 0 Å². The second kappa shape index (κ2) is 6.36. The zero-order valence-corrected chi connectivity index (χ0v) is 12.2. The fourth-order valence-corrected chi connectivity index (χ4v) is 1.48. The van der Waals surface area contributed by atoms with Crippen molar-refractivity contribution in [3.63, 3.8) is 0 Å². The largest absolute Gasteiger partial charge is 0.469 e. The number of methoxy groups -OCH3 is 1. The van der Waals surface area contributed by atoms with Crippen LogP contribution in [-0.2, 0) is 9.53 Å². The van der Waals surface area contributed by atoms with Gasteiger partial charge in [0, 0.05) is 25.2 Å². The van der Waals surface area contributed by atoms with Crippen molar-refractivity contribution in [2.75, 3.05) is 30.9 Å². The van der Waals surface area contributed by atoms with E-state index in [4.69, 9.17) is 0 Å². The summed E-state index contributed by atoms with van der Waals surface area (Å²) in [6, 6.07) is 1.86. The van der Waals surface area contributed by atoms with Crippen LogP contribution in [0, 0.1) is 0 Å². The lowest BCUT2D eigenvalue weighted by Gasteiger charge is -2.23. The van der Waals surface area contributed by atoms with Gasteiger partial charge in [-0.05, 0) is 20.8 Å². The predicted molar refractivity (Wildman–Crippen MR) is 75.3 cm³/mol. The fourth-order valence-electron chi connectivity index (χ4n) is 1.48. The van der Waals surface area contributed by atoms with Gasteiger partial charge >= 0.3 is 5.97 Å². The number of rotatable bonds is 5. The summed E-state index contributed by atoms with van der Waals surface area (Å²) in [5.41, 5.74) is -0.0593. The third-order valence-electron chi connectivity index (χ3n) is 2.43. The van der Waals surface area contributed by atoms with E-state index in [1.54, 1.807) is 0 Å². The molecule has 0 bridgehead atoms. The Labute approximate surface area is 114 Å². The third-order valence-corrected chi connectivity index (χ3v) is 2.43. The van der Waals surface area contributed by atoms with Crippen molar-refractivity contribution in [1.29, 1.82) is 0 Å². The van der Waals surface area contributed by atoms with Gasteiger partial charge in [-0.2, -0.15) is 0 Å². The van der Waals surface area contributed by atoms with E-state index in [0.29, 0.717) is 13.0 Å². The molecule has 0 aliphatic heterocycles. The number of hydrogen-bond acceptors (Lipinski definition) is 6. The first-order valence-corrected chi connectivity index (χ1v) is 6.20. The van der Waals surface area contributed by atoms with Crippen LogP contribution in [-0.4, -0.2) is 42.2 Å². The summed E-state index contributed by atoms with van der Waals surface area (Å²) >= 11 is 0. The zero-order chi connectivity index (χ0) is 14.5. The summed E-state index contributed by atoms with van der Waals surface area (Å²) < 4.78 is 4.62. The van der Waals surface area contributed by atoms with Crippen LogP contribution >= 0.6 is 0 Å². The van der Waals surface area contributed by atoms with Gasteiger partial charge in [-0.1, -0.05) is 0 Å². The molecule has 6 nitrogen and oxygen atoms in total. The monoisotopic (exact) mass is 266 g/mol. The van der Waals surface area contributed by atoms with E-state index in [0.717, 1.165) is 11.6 Å². The molecule has 0 spiro atoms. The SMILES string of the molecule is COC(=O)CCN(C)c1cc(NC(C)(C)C)ncn1. The van der Waals surface area contributed by atoms with Crippen LogP contribution < -0.4 is 10.2 Å². The number of nitrogens with zero attached hydrogens (tertiary/aromatic N) is 3. The molecule has 1 aromatic rings. The minimum absolute atomic E-state index is 0.0593. The Morgan fingerprint density at radius 1 is 1.42 bits per heavy atom. The van der Waals surface area contributed by atoms with Crippen molar-refractivity contribution >= 4 is 17.6 Å². The maximum absolute atomic E-state index is 11.1. The first kappa shape index (κ1) is 15.2. The summed E-state index contributed by atoms with van der Waals surface area (Å²) in [5, 5.41) is 3.28. The van der Waals surface area contributed by atoms with Crippen LogP contribution in [0.5, 0.6) is 0 Å². The molecule has 19 heavy (non-hydrogen) atoms. The summed E-state index contributed by atoms with van der Waals surface area (Å²) in [4.78, 5) is 21.4. The standard InChI is InChI=1S/C13H22N4O2/c1-13(2,3)16-10-8-11(15-9-14-10)17(4)7-6-12(18)19-5/h8-9H,6-7H2,1-5H3,(H,14,15,16). The molecule has 106 valence electrons. The summed E-state index contributed by atoms with van der Waals surface area (Å²) in [7, 11) is 3.27. The van der Waals surface area contributed by atoms with E-state index in [1.165, 1.54) is 13.4 Å². The summed E-state index contributed by atoms with van der Waals surface area (Å²) in [6.07, 6.45) is 1.84. The molecular formula is C13H22N4O2. The van der Waals surface area contributed by atoms with Crippen LogP contribution in [0.3, 0.4) is 0 Å². The molecule has 0 aliphatic carbocycles. The van der Waals surface area contributed by atoms with Gasteiger partial charge in [0.25, 0.3) is 0 Å². The molecule has 1 heterocycles. The minimum Gasteiger partial charge on any atom is -0.469 e. The molecule has 0 radical (unpaired) electrons. The fraction of sp³-hybridized carbons (Fsp3) is 0.615. The van der Waals surface area contributed by atoms with Crippen molar-refractivity contribution in [2.45, 2.75) is 32.7 Å². The van der Waals surface area contributed by atoms with E-state index >= 15 is 0 Å². The topological polar surface area (TPSA) is 67.3 Å². The van der Waals surface area contributed by atoms with Crippen LogP contribution in [0.25, 0.3) is 0 Å². The lowest BCUT2D eigenvalue weighted by atomic mass is 10.1. The van der Waals surface area contributed by atoms with Crippen LogP contribution in [0.2, 0.25) is 0 Å². The van der Waals surface area contributed by atoms with Gasteiger partial charge in [-0.15, -0.1) is 0 Å². The summed E-state index contributed by atoms with van der Waals surface area (Å²) in [5.74, 6) is 1.31. The highest BCUT2D eigenvalue weighted by atomic mass is 16.5. The smallest absolute Gasteiger partial charge is 0.307 e. The third kappa shape index (κ3) is 5.54.